The Kier molecular flexibility index (Phi) is 8.15. The fraction of sp³-hybridized carbons (Fsp3) is 0.909. The van der Waals surface area contributed by atoms with E-state index in [2.05, 4.69) is 5.32 Å². The fourth-order valence-corrected chi connectivity index (χ4v) is 1.14. The smallest absolute Gasteiger partial charge is 0.246 e. The summed E-state index contributed by atoms with van der Waals surface area (Å²) in [6, 6.07) is 0. The highest BCUT2D eigenvalue weighted by Crippen LogP contribution is 2.10. The van der Waals surface area contributed by atoms with Crippen LogP contribution in [0.3, 0.4) is 0 Å². The zero-order valence-corrected chi connectivity index (χ0v) is 10.5. The average Bonchev–Trinajstić information content (AvgIpc) is 2.29. The zero-order chi connectivity index (χ0) is 12.4. The number of nitrogens with one attached hydrogen (secondary N) is 1. The van der Waals surface area contributed by atoms with Gasteiger partial charge in [0.2, 0.25) is 5.91 Å². The van der Waals surface area contributed by atoms with Gasteiger partial charge in [0.15, 0.2) is 0 Å². The van der Waals surface area contributed by atoms with Gasteiger partial charge < -0.3 is 20.5 Å². The van der Waals surface area contributed by atoms with Gasteiger partial charge in [0.05, 0.1) is 13.2 Å². The third kappa shape index (κ3) is 6.76. The molecule has 0 aromatic heterocycles. The van der Waals surface area contributed by atoms with Crippen molar-refractivity contribution in [2.24, 2.45) is 5.73 Å². The molecule has 0 aliphatic rings. The van der Waals surface area contributed by atoms with Crippen LogP contribution in [0, 0.1) is 0 Å². The van der Waals surface area contributed by atoms with Crippen LogP contribution >= 0.6 is 0 Å². The van der Waals surface area contributed by atoms with Crippen LogP contribution in [0.2, 0.25) is 0 Å². The fourth-order valence-electron chi connectivity index (χ4n) is 1.14. The van der Waals surface area contributed by atoms with Crippen molar-refractivity contribution >= 4 is 5.91 Å². The molecule has 5 heteroatoms. The van der Waals surface area contributed by atoms with Crippen LogP contribution in [-0.2, 0) is 14.3 Å². The van der Waals surface area contributed by atoms with Gasteiger partial charge in [-0.15, -0.1) is 0 Å². The minimum Gasteiger partial charge on any atom is -0.383 e. The molecule has 0 bridgehead atoms. The predicted octanol–water partition coefficient (Wildman–Crippen LogP) is 0.283. The number of hydrogen-bond donors (Lipinski definition) is 2. The maximum atomic E-state index is 11.2. The molecule has 0 saturated heterocycles. The summed E-state index contributed by atoms with van der Waals surface area (Å²) in [5.41, 5.74) is 5.72. The lowest BCUT2D eigenvalue weighted by molar-refractivity contribution is -0.126. The van der Waals surface area contributed by atoms with Gasteiger partial charge in [0.1, 0.15) is 6.61 Å². The van der Waals surface area contributed by atoms with Gasteiger partial charge in [-0.3, -0.25) is 4.79 Å². The van der Waals surface area contributed by atoms with Gasteiger partial charge in [0.25, 0.3) is 0 Å². The van der Waals surface area contributed by atoms with Crippen LogP contribution in [0.5, 0.6) is 0 Å². The van der Waals surface area contributed by atoms with Crippen molar-refractivity contribution in [3.05, 3.63) is 0 Å². The van der Waals surface area contributed by atoms with Crippen LogP contribution in [0.25, 0.3) is 0 Å². The van der Waals surface area contributed by atoms with E-state index in [9.17, 15) is 4.79 Å². The molecular formula is C11H24N2O3. The highest BCUT2D eigenvalue weighted by Gasteiger charge is 2.20. The molecule has 0 radical (unpaired) electrons. The molecule has 1 amide bonds. The first kappa shape index (κ1) is 15.3. The average molecular weight is 232 g/mol. The Morgan fingerprint density at radius 3 is 2.50 bits per heavy atom. The van der Waals surface area contributed by atoms with Crippen molar-refractivity contribution in [3.63, 3.8) is 0 Å². The van der Waals surface area contributed by atoms with Gasteiger partial charge in [-0.2, -0.15) is 0 Å². The molecule has 96 valence electrons. The molecule has 0 aromatic rings. The molecule has 3 N–H and O–H groups in total. The van der Waals surface area contributed by atoms with Crippen LogP contribution in [-0.4, -0.2) is 44.9 Å². The maximum Gasteiger partial charge on any atom is 0.246 e. The molecule has 0 rings (SSSR count). The lowest BCUT2D eigenvalue weighted by atomic mass is 9.96. The summed E-state index contributed by atoms with van der Waals surface area (Å²) in [6.45, 7) is 5.53. The summed E-state index contributed by atoms with van der Waals surface area (Å²) >= 11 is 0. The summed E-state index contributed by atoms with van der Waals surface area (Å²) in [5, 5.41) is 2.68. The van der Waals surface area contributed by atoms with E-state index in [1.165, 1.54) is 0 Å². The van der Waals surface area contributed by atoms with Crippen LogP contribution < -0.4 is 11.1 Å². The molecule has 0 heterocycles. The second-order valence-electron chi connectivity index (χ2n) is 3.91. The lowest BCUT2D eigenvalue weighted by Gasteiger charge is -2.25. The van der Waals surface area contributed by atoms with Gasteiger partial charge in [-0.1, -0.05) is 13.8 Å². The summed E-state index contributed by atoms with van der Waals surface area (Å²) in [5.74, 6) is -0.133. The van der Waals surface area contributed by atoms with E-state index in [4.69, 9.17) is 15.2 Å². The Bertz CT molecular complexity index is 194. The van der Waals surface area contributed by atoms with E-state index in [1.54, 1.807) is 7.11 Å². The molecule has 0 spiro atoms. The number of ether oxygens (including phenoxy) is 2. The Morgan fingerprint density at radius 1 is 1.38 bits per heavy atom. The van der Waals surface area contributed by atoms with Crippen molar-refractivity contribution in [2.45, 2.75) is 32.2 Å². The maximum absolute atomic E-state index is 11.2. The molecule has 16 heavy (non-hydrogen) atoms. The third-order valence-electron chi connectivity index (χ3n) is 2.66. The van der Waals surface area contributed by atoms with Crippen molar-refractivity contribution in [1.82, 2.24) is 5.32 Å². The van der Waals surface area contributed by atoms with Gasteiger partial charge in [-0.05, 0) is 12.8 Å². The molecule has 0 aromatic carbocycles. The number of amides is 1. The van der Waals surface area contributed by atoms with E-state index in [0.29, 0.717) is 19.8 Å². The molecule has 0 unspecified atom stereocenters. The van der Waals surface area contributed by atoms with E-state index in [1.807, 2.05) is 13.8 Å². The summed E-state index contributed by atoms with van der Waals surface area (Å²) < 4.78 is 10.1. The summed E-state index contributed by atoms with van der Waals surface area (Å²) in [7, 11) is 1.59. The first-order valence-electron chi connectivity index (χ1n) is 5.70. The SMILES string of the molecule is CCC(N)(CC)COCC(=O)NCCOC. The minimum absolute atomic E-state index is 0.0582. The summed E-state index contributed by atoms with van der Waals surface area (Å²) in [6.07, 6.45) is 1.68. The number of hydrogen-bond acceptors (Lipinski definition) is 4. The monoisotopic (exact) mass is 232 g/mol. The van der Waals surface area contributed by atoms with Crippen molar-refractivity contribution in [2.75, 3.05) is 33.5 Å². The first-order chi connectivity index (χ1) is 7.58. The largest absolute Gasteiger partial charge is 0.383 e. The second kappa shape index (κ2) is 8.50. The number of carbonyl (C=O) groups is 1. The summed E-state index contributed by atoms with van der Waals surface area (Å²) in [4.78, 5) is 11.2. The normalized spacial score (nSPS) is 11.5. The molecule has 5 nitrogen and oxygen atoms in total. The molecule has 0 aliphatic heterocycles. The number of rotatable bonds is 9. The topological polar surface area (TPSA) is 73.6 Å². The van der Waals surface area contributed by atoms with E-state index >= 15 is 0 Å². The van der Waals surface area contributed by atoms with Crippen LogP contribution in [0.1, 0.15) is 26.7 Å². The van der Waals surface area contributed by atoms with Crippen molar-refractivity contribution in [3.8, 4) is 0 Å². The standard InChI is InChI=1S/C11H24N2O3/c1-4-11(12,5-2)9-16-8-10(14)13-6-7-15-3/h4-9,12H2,1-3H3,(H,13,14). The van der Waals surface area contributed by atoms with Gasteiger partial charge >= 0.3 is 0 Å². The van der Waals surface area contributed by atoms with Gasteiger partial charge in [-0.25, -0.2) is 0 Å². The number of carbonyl (C=O) groups excluding carboxylic acids is 1. The Balaban J connectivity index is 3.60. The van der Waals surface area contributed by atoms with Crippen molar-refractivity contribution in [1.29, 1.82) is 0 Å². The number of methoxy groups -OCH3 is 1. The van der Waals surface area contributed by atoms with Gasteiger partial charge in [0, 0.05) is 19.2 Å². The van der Waals surface area contributed by atoms with E-state index in [-0.39, 0.29) is 18.1 Å². The molecule has 0 fully saturated rings. The van der Waals surface area contributed by atoms with E-state index in [0.717, 1.165) is 12.8 Å². The lowest BCUT2D eigenvalue weighted by Crippen LogP contribution is -2.44. The Hall–Kier alpha value is -0.650. The zero-order valence-electron chi connectivity index (χ0n) is 10.5. The molecule has 0 saturated carbocycles. The highest BCUT2D eigenvalue weighted by molar-refractivity contribution is 5.77. The molecular weight excluding hydrogens is 208 g/mol. The third-order valence-corrected chi connectivity index (χ3v) is 2.66. The Morgan fingerprint density at radius 2 is 2.00 bits per heavy atom. The number of nitrogens with two attached hydrogens (primary N) is 1. The quantitative estimate of drug-likeness (QED) is 0.560. The first-order valence-corrected chi connectivity index (χ1v) is 5.70. The van der Waals surface area contributed by atoms with E-state index < -0.39 is 0 Å². The predicted molar refractivity (Wildman–Crippen MR) is 63.2 cm³/mol. The Labute approximate surface area is 97.7 Å². The minimum atomic E-state index is -0.313. The van der Waals surface area contributed by atoms with Crippen LogP contribution in [0.4, 0.5) is 0 Å². The second-order valence-corrected chi connectivity index (χ2v) is 3.91. The molecule has 0 aliphatic carbocycles. The van der Waals surface area contributed by atoms with Crippen LogP contribution in [0.15, 0.2) is 0 Å². The highest BCUT2D eigenvalue weighted by atomic mass is 16.5. The van der Waals surface area contributed by atoms with Crippen molar-refractivity contribution < 1.29 is 14.3 Å². The molecule has 0 atom stereocenters.